The van der Waals surface area contributed by atoms with Gasteiger partial charge in [0.25, 0.3) is 0 Å². The number of benzene rings is 1. The summed E-state index contributed by atoms with van der Waals surface area (Å²) in [5.74, 6) is -7.27. The minimum Gasteiger partial charge on any atom is -0.465 e. The summed E-state index contributed by atoms with van der Waals surface area (Å²) < 4.78 is 15.2. The molecule has 2 fully saturated rings. The molecule has 2 amide bonds. The van der Waals surface area contributed by atoms with E-state index >= 15 is 0 Å². The van der Waals surface area contributed by atoms with Gasteiger partial charge in [0.05, 0.1) is 38.2 Å². The van der Waals surface area contributed by atoms with Crippen molar-refractivity contribution < 1.29 is 38.2 Å². The van der Waals surface area contributed by atoms with Crippen molar-refractivity contribution in [1.29, 1.82) is 0 Å². The predicted octanol–water partition coefficient (Wildman–Crippen LogP) is 0.188. The highest BCUT2D eigenvalue weighted by Crippen LogP contribution is 2.45. The smallest absolute Gasteiger partial charge is 0.338 e. The molecule has 0 saturated carbocycles. The van der Waals surface area contributed by atoms with E-state index in [1.165, 1.54) is 13.8 Å². The molecule has 0 bridgehead atoms. The van der Waals surface area contributed by atoms with Gasteiger partial charge in [0.2, 0.25) is 17.4 Å². The van der Waals surface area contributed by atoms with Gasteiger partial charge >= 0.3 is 17.9 Å². The zero-order valence-electron chi connectivity index (χ0n) is 18.2. The van der Waals surface area contributed by atoms with Crippen molar-refractivity contribution >= 4 is 29.7 Å². The van der Waals surface area contributed by atoms with Crippen molar-refractivity contribution in [3.63, 3.8) is 0 Å². The molecule has 2 aliphatic heterocycles. The van der Waals surface area contributed by atoms with Gasteiger partial charge in [-0.1, -0.05) is 30.3 Å². The van der Waals surface area contributed by atoms with Crippen molar-refractivity contribution in [3.8, 4) is 0 Å². The molecular formula is C22H26N2O8. The Kier molecular flexibility index (Phi) is 6.93. The third-order valence-electron chi connectivity index (χ3n) is 5.57. The first-order chi connectivity index (χ1) is 15.3. The van der Waals surface area contributed by atoms with E-state index in [9.17, 15) is 24.0 Å². The lowest BCUT2D eigenvalue weighted by atomic mass is 9.80. The van der Waals surface area contributed by atoms with Crippen LogP contribution in [0.2, 0.25) is 0 Å². The summed E-state index contributed by atoms with van der Waals surface area (Å²) in [4.78, 5) is 66.5. The average molecular weight is 446 g/mol. The molecule has 10 heteroatoms. The van der Waals surface area contributed by atoms with Crippen LogP contribution in [0, 0.1) is 11.8 Å². The molecule has 0 aliphatic carbocycles. The van der Waals surface area contributed by atoms with E-state index in [0.29, 0.717) is 5.56 Å². The fourth-order valence-corrected chi connectivity index (χ4v) is 4.27. The van der Waals surface area contributed by atoms with E-state index in [2.05, 4.69) is 5.32 Å². The number of nitrogens with one attached hydrogen (secondary N) is 1. The fraction of sp³-hybridized carbons (Fsp3) is 0.500. The molecule has 3 atom stereocenters. The van der Waals surface area contributed by atoms with Crippen molar-refractivity contribution in [2.75, 3.05) is 19.8 Å². The second kappa shape index (κ2) is 9.47. The number of imide groups is 1. The van der Waals surface area contributed by atoms with Crippen LogP contribution in [-0.2, 0) is 44.7 Å². The second-order valence-electron chi connectivity index (χ2n) is 7.37. The van der Waals surface area contributed by atoms with Crippen molar-refractivity contribution in [2.24, 2.45) is 11.8 Å². The summed E-state index contributed by atoms with van der Waals surface area (Å²) in [7, 11) is 0. The van der Waals surface area contributed by atoms with E-state index in [1.807, 2.05) is 0 Å². The highest BCUT2D eigenvalue weighted by Gasteiger charge is 2.74. The Labute approximate surface area is 185 Å². The predicted molar refractivity (Wildman–Crippen MR) is 109 cm³/mol. The van der Waals surface area contributed by atoms with Gasteiger partial charge in [-0.05, 0) is 26.3 Å². The normalized spacial score (nSPS) is 23.6. The second-order valence-corrected chi connectivity index (χ2v) is 7.37. The van der Waals surface area contributed by atoms with E-state index < -0.39 is 53.1 Å². The number of rotatable bonds is 8. The average Bonchev–Trinajstić information content (AvgIpc) is 3.26. The van der Waals surface area contributed by atoms with Crippen LogP contribution in [0.4, 0.5) is 0 Å². The first-order valence-corrected chi connectivity index (χ1v) is 10.5. The first-order valence-electron chi connectivity index (χ1n) is 10.5. The Morgan fingerprint density at radius 2 is 1.47 bits per heavy atom. The molecule has 0 spiro atoms. The highest BCUT2D eigenvalue weighted by molar-refractivity contribution is 6.18. The SMILES string of the molecule is CCOC(=O)[C@@H]1NC(C(=O)OCC)(C(=O)OCC)[C@@H]2C(=O)N(Cc3ccccc3)C(=O)[C@@H]21. The third-order valence-corrected chi connectivity index (χ3v) is 5.57. The summed E-state index contributed by atoms with van der Waals surface area (Å²) >= 11 is 0. The molecule has 32 heavy (non-hydrogen) atoms. The highest BCUT2D eigenvalue weighted by atomic mass is 16.6. The van der Waals surface area contributed by atoms with Crippen LogP contribution in [0.15, 0.2) is 30.3 Å². The van der Waals surface area contributed by atoms with E-state index in [4.69, 9.17) is 14.2 Å². The zero-order valence-corrected chi connectivity index (χ0v) is 18.2. The Morgan fingerprint density at radius 3 is 2.00 bits per heavy atom. The minimum absolute atomic E-state index is 0.01000. The lowest BCUT2D eigenvalue weighted by Crippen LogP contribution is -2.64. The number of nitrogens with zero attached hydrogens (tertiary/aromatic N) is 1. The molecule has 1 N–H and O–H groups in total. The van der Waals surface area contributed by atoms with Gasteiger partial charge in [0.1, 0.15) is 6.04 Å². The Balaban J connectivity index is 2.10. The number of likely N-dealkylation sites (tertiary alicyclic amines) is 1. The van der Waals surface area contributed by atoms with Crippen molar-refractivity contribution in [1.82, 2.24) is 10.2 Å². The largest absolute Gasteiger partial charge is 0.465 e. The van der Waals surface area contributed by atoms with Crippen molar-refractivity contribution in [3.05, 3.63) is 35.9 Å². The summed E-state index contributed by atoms with van der Waals surface area (Å²) in [6, 6.07) is 7.38. The van der Waals surface area contributed by atoms with E-state index in [-0.39, 0.29) is 26.4 Å². The zero-order chi connectivity index (χ0) is 23.5. The Hall–Kier alpha value is -3.27. The van der Waals surface area contributed by atoms with Crippen LogP contribution >= 0.6 is 0 Å². The maximum absolute atomic E-state index is 13.5. The van der Waals surface area contributed by atoms with Crippen LogP contribution in [0.3, 0.4) is 0 Å². The van der Waals surface area contributed by atoms with Crippen LogP contribution in [-0.4, -0.2) is 66.0 Å². The molecule has 3 rings (SSSR count). The topological polar surface area (TPSA) is 128 Å². The lowest BCUT2D eigenvalue weighted by Gasteiger charge is -2.30. The number of fused-ring (bicyclic) bond motifs is 1. The fourth-order valence-electron chi connectivity index (χ4n) is 4.27. The summed E-state index contributed by atoms with van der Waals surface area (Å²) in [6.45, 7) is 4.43. The van der Waals surface area contributed by atoms with Crippen LogP contribution in [0.1, 0.15) is 26.3 Å². The van der Waals surface area contributed by atoms with Crippen LogP contribution in [0.5, 0.6) is 0 Å². The van der Waals surface area contributed by atoms with Gasteiger partial charge in [0, 0.05) is 0 Å². The number of hydrogen-bond donors (Lipinski definition) is 1. The monoisotopic (exact) mass is 446 g/mol. The van der Waals surface area contributed by atoms with Crippen LogP contribution < -0.4 is 5.32 Å². The standard InChI is InChI=1S/C22H26N2O8/c1-4-30-19(27)16-14-15(22(23-16,20(28)31-5-2)21(29)32-6-3)18(26)24(17(14)25)12-13-10-8-7-9-11-13/h7-11,14-16,23H,4-6,12H2,1-3H3/t14-,15-,16+/m0/s1. The number of amides is 2. The number of carbonyl (C=O) groups is 5. The Morgan fingerprint density at radius 1 is 0.906 bits per heavy atom. The quantitative estimate of drug-likeness (QED) is 0.257. The maximum Gasteiger partial charge on any atom is 0.338 e. The molecule has 1 aromatic carbocycles. The summed E-state index contributed by atoms with van der Waals surface area (Å²) in [5, 5.41) is 2.61. The molecule has 0 radical (unpaired) electrons. The number of carbonyl (C=O) groups excluding carboxylic acids is 5. The maximum atomic E-state index is 13.5. The van der Waals surface area contributed by atoms with Gasteiger partial charge < -0.3 is 14.2 Å². The molecule has 2 heterocycles. The molecule has 172 valence electrons. The lowest BCUT2D eigenvalue weighted by molar-refractivity contribution is -0.170. The third kappa shape index (κ3) is 3.75. The summed E-state index contributed by atoms with van der Waals surface area (Å²) in [6.07, 6.45) is 0. The van der Waals surface area contributed by atoms with Crippen LogP contribution in [0.25, 0.3) is 0 Å². The molecule has 0 unspecified atom stereocenters. The van der Waals surface area contributed by atoms with Gasteiger partial charge in [-0.25, -0.2) is 9.59 Å². The summed E-state index contributed by atoms with van der Waals surface area (Å²) in [5.41, 5.74) is -1.67. The van der Waals surface area contributed by atoms with Gasteiger partial charge in [0.15, 0.2) is 0 Å². The van der Waals surface area contributed by atoms with E-state index in [1.54, 1.807) is 37.3 Å². The number of hydrogen-bond acceptors (Lipinski definition) is 9. The number of esters is 3. The first kappa shape index (κ1) is 23.4. The van der Waals surface area contributed by atoms with Gasteiger partial charge in [-0.3, -0.25) is 24.6 Å². The molecule has 0 aromatic heterocycles. The molecular weight excluding hydrogens is 420 g/mol. The molecule has 10 nitrogen and oxygen atoms in total. The molecule has 1 aromatic rings. The minimum atomic E-state index is -2.34. The number of ether oxygens (including phenoxy) is 3. The van der Waals surface area contributed by atoms with E-state index in [0.717, 1.165) is 4.90 Å². The molecule has 2 aliphatic rings. The van der Waals surface area contributed by atoms with Crippen molar-refractivity contribution in [2.45, 2.75) is 38.9 Å². The molecule has 2 saturated heterocycles. The Bertz CT molecular complexity index is 898. The van der Waals surface area contributed by atoms with Gasteiger partial charge in [-0.15, -0.1) is 0 Å². The van der Waals surface area contributed by atoms with Gasteiger partial charge in [-0.2, -0.15) is 0 Å².